The molecule has 0 fully saturated rings. The second kappa shape index (κ2) is 6.90. The van der Waals surface area contributed by atoms with E-state index >= 15 is 0 Å². The van der Waals surface area contributed by atoms with E-state index in [1.165, 1.54) is 23.9 Å². The van der Waals surface area contributed by atoms with Gasteiger partial charge in [-0.2, -0.15) is 0 Å². The van der Waals surface area contributed by atoms with Crippen molar-refractivity contribution in [1.82, 2.24) is 4.72 Å². The van der Waals surface area contributed by atoms with E-state index in [1.54, 1.807) is 6.07 Å². The molecule has 98 valence electrons. The molecule has 1 rings (SSSR count). The van der Waals surface area contributed by atoms with Crippen molar-refractivity contribution in [3.05, 3.63) is 23.2 Å². The first-order valence-electron chi connectivity index (χ1n) is 5.03. The van der Waals surface area contributed by atoms with Crippen LogP contribution >= 0.6 is 23.4 Å². The van der Waals surface area contributed by atoms with Crippen LogP contribution in [0.4, 0.5) is 5.69 Å². The first kappa shape index (κ1) is 15.2. The maximum absolute atomic E-state index is 11.9. The topological polar surface area (TPSA) is 72.2 Å². The lowest BCUT2D eigenvalue weighted by molar-refractivity contribution is 0.584. The average molecular weight is 305 g/mol. The van der Waals surface area contributed by atoms with Gasteiger partial charge in [0, 0.05) is 18.0 Å². The molecule has 0 amide bonds. The number of hydrogen-bond acceptors (Lipinski definition) is 4. The minimum Gasteiger partial charge on any atom is -0.399 e. The van der Waals surface area contributed by atoms with Gasteiger partial charge in [-0.3, -0.25) is 0 Å². The van der Waals surface area contributed by atoms with Crippen molar-refractivity contribution in [2.45, 2.75) is 4.90 Å². The van der Waals surface area contributed by atoms with E-state index in [1.807, 2.05) is 0 Å². The highest BCUT2D eigenvalue weighted by atomic mass is 35.5. The van der Waals surface area contributed by atoms with Crippen molar-refractivity contribution in [3.8, 4) is 12.3 Å². The van der Waals surface area contributed by atoms with Crippen molar-refractivity contribution < 1.29 is 8.42 Å². The smallest absolute Gasteiger partial charge is 0.242 e. The van der Waals surface area contributed by atoms with E-state index in [0.29, 0.717) is 23.7 Å². The van der Waals surface area contributed by atoms with Gasteiger partial charge in [-0.25, -0.2) is 13.1 Å². The van der Waals surface area contributed by atoms with Crippen LogP contribution in [0.2, 0.25) is 5.02 Å². The van der Waals surface area contributed by atoms with Crippen molar-refractivity contribution in [2.75, 3.05) is 23.8 Å². The SMILES string of the molecule is C#CCSCCNS(=O)(=O)c1cc(N)ccc1Cl. The summed E-state index contributed by atoms with van der Waals surface area (Å²) in [4.78, 5) is -0.00823. The molecule has 0 aliphatic rings. The number of nitrogens with two attached hydrogens (primary N) is 1. The van der Waals surface area contributed by atoms with E-state index in [0.717, 1.165) is 0 Å². The van der Waals surface area contributed by atoms with Crippen LogP contribution in [0.5, 0.6) is 0 Å². The summed E-state index contributed by atoms with van der Waals surface area (Å²) >= 11 is 7.31. The maximum atomic E-state index is 11.9. The van der Waals surface area contributed by atoms with Gasteiger partial charge in [0.2, 0.25) is 10.0 Å². The zero-order chi connectivity index (χ0) is 13.6. The molecule has 1 aromatic carbocycles. The fourth-order valence-electron chi connectivity index (χ4n) is 1.18. The van der Waals surface area contributed by atoms with Crippen LogP contribution < -0.4 is 10.5 Å². The Labute approximate surface area is 116 Å². The van der Waals surface area contributed by atoms with Crippen LogP contribution in [-0.4, -0.2) is 26.5 Å². The molecular formula is C11H13ClN2O2S2. The molecule has 0 radical (unpaired) electrons. The molecule has 0 saturated heterocycles. The number of halogens is 1. The molecule has 4 nitrogen and oxygen atoms in total. The Morgan fingerprint density at radius 2 is 2.22 bits per heavy atom. The molecule has 0 aromatic heterocycles. The molecule has 0 saturated carbocycles. The van der Waals surface area contributed by atoms with Gasteiger partial charge in [0.1, 0.15) is 4.90 Å². The number of terminal acetylenes is 1. The zero-order valence-corrected chi connectivity index (χ0v) is 11.9. The Bertz CT molecular complexity index is 553. The molecule has 7 heteroatoms. The Hall–Kier alpha value is -0.870. The normalized spacial score (nSPS) is 11.1. The fourth-order valence-corrected chi connectivity index (χ4v) is 3.39. The zero-order valence-electron chi connectivity index (χ0n) is 9.52. The largest absolute Gasteiger partial charge is 0.399 e. The van der Waals surface area contributed by atoms with Crippen molar-refractivity contribution >= 4 is 39.1 Å². The Balaban J connectivity index is 2.69. The molecule has 0 heterocycles. The van der Waals surface area contributed by atoms with Gasteiger partial charge in [0.25, 0.3) is 0 Å². The van der Waals surface area contributed by atoms with Crippen LogP contribution in [0.25, 0.3) is 0 Å². The highest BCUT2D eigenvalue weighted by molar-refractivity contribution is 7.99. The molecule has 3 N–H and O–H groups in total. The minimum absolute atomic E-state index is 0.00823. The third-order valence-electron chi connectivity index (χ3n) is 1.97. The Morgan fingerprint density at radius 3 is 2.89 bits per heavy atom. The van der Waals surface area contributed by atoms with Crippen LogP contribution in [0.15, 0.2) is 23.1 Å². The van der Waals surface area contributed by atoms with Crippen LogP contribution in [-0.2, 0) is 10.0 Å². The minimum atomic E-state index is -3.63. The number of hydrogen-bond donors (Lipinski definition) is 2. The quantitative estimate of drug-likeness (QED) is 0.475. The lowest BCUT2D eigenvalue weighted by Crippen LogP contribution is -2.26. The number of benzene rings is 1. The Kier molecular flexibility index (Phi) is 5.82. The summed E-state index contributed by atoms with van der Waals surface area (Å²) in [5.74, 6) is 3.62. The van der Waals surface area contributed by atoms with Gasteiger partial charge in [-0.15, -0.1) is 18.2 Å². The van der Waals surface area contributed by atoms with Crippen molar-refractivity contribution in [2.24, 2.45) is 0 Å². The number of anilines is 1. The first-order valence-corrected chi connectivity index (χ1v) is 8.05. The third kappa shape index (κ3) is 4.42. The van der Waals surface area contributed by atoms with E-state index in [9.17, 15) is 8.42 Å². The summed E-state index contributed by atoms with van der Waals surface area (Å²) in [5.41, 5.74) is 5.89. The number of nitrogens with one attached hydrogen (secondary N) is 1. The first-order chi connectivity index (χ1) is 8.47. The van der Waals surface area contributed by atoms with Gasteiger partial charge in [-0.1, -0.05) is 17.5 Å². The monoisotopic (exact) mass is 304 g/mol. The van der Waals surface area contributed by atoms with Gasteiger partial charge in [-0.05, 0) is 18.2 Å². The summed E-state index contributed by atoms with van der Waals surface area (Å²) in [6.45, 7) is 0.291. The van der Waals surface area contributed by atoms with E-state index < -0.39 is 10.0 Å². The Morgan fingerprint density at radius 1 is 1.50 bits per heavy atom. The summed E-state index contributed by atoms with van der Waals surface area (Å²) in [6, 6.07) is 4.34. The van der Waals surface area contributed by atoms with Crippen molar-refractivity contribution in [3.63, 3.8) is 0 Å². The molecule has 0 unspecified atom stereocenters. The molecule has 0 spiro atoms. The molecule has 0 aliphatic heterocycles. The highest BCUT2D eigenvalue weighted by Crippen LogP contribution is 2.23. The fraction of sp³-hybridized carbons (Fsp3) is 0.273. The number of rotatable bonds is 6. The van der Waals surface area contributed by atoms with Crippen molar-refractivity contribution in [1.29, 1.82) is 0 Å². The summed E-state index contributed by atoms with van der Waals surface area (Å²) < 4.78 is 26.3. The summed E-state index contributed by atoms with van der Waals surface area (Å²) in [7, 11) is -3.63. The van der Waals surface area contributed by atoms with E-state index in [2.05, 4.69) is 10.6 Å². The van der Waals surface area contributed by atoms with E-state index in [4.69, 9.17) is 23.8 Å². The van der Waals surface area contributed by atoms with Gasteiger partial charge in [0.15, 0.2) is 0 Å². The van der Waals surface area contributed by atoms with Crippen LogP contribution in [0.1, 0.15) is 0 Å². The predicted octanol–water partition coefficient (Wildman–Crippen LogP) is 1.57. The summed E-state index contributed by atoms with van der Waals surface area (Å²) in [6.07, 6.45) is 5.08. The standard InChI is InChI=1S/C11H13ClN2O2S2/c1-2-6-17-7-5-14-18(15,16)11-8-9(13)3-4-10(11)12/h1,3-4,8,14H,5-7,13H2. The second-order valence-corrected chi connectivity index (χ2v) is 6.59. The molecule has 18 heavy (non-hydrogen) atoms. The second-order valence-electron chi connectivity index (χ2n) is 3.34. The number of nitrogen functional groups attached to an aromatic ring is 1. The molecular weight excluding hydrogens is 292 g/mol. The third-order valence-corrected chi connectivity index (χ3v) is 4.77. The lowest BCUT2D eigenvalue weighted by Gasteiger charge is -2.08. The highest BCUT2D eigenvalue weighted by Gasteiger charge is 2.17. The van der Waals surface area contributed by atoms with Crippen LogP contribution in [0, 0.1) is 12.3 Å². The molecule has 0 aliphatic carbocycles. The maximum Gasteiger partial charge on any atom is 0.242 e. The number of sulfonamides is 1. The van der Waals surface area contributed by atoms with Crippen LogP contribution in [0.3, 0.4) is 0 Å². The van der Waals surface area contributed by atoms with Gasteiger partial charge >= 0.3 is 0 Å². The molecule has 1 aromatic rings. The molecule has 0 bridgehead atoms. The summed E-state index contributed by atoms with van der Waals surface area (Å²) in [5, 5.41) is 0.146. The van der Waals surface area contributed by atoms with E-state index in [-0.39, 0.29) is 9.92 Å². The predicted molar refractivity (Wildman–Crippen MR) is 77.2 cm³/mol. The average Bonchev–Trinajstić information content (AvgIpc) is 2.32. The molecule has 0 atom stereocenters. The lowest BCUT2D eigenvalue weighted by atomic mass is 10.3. The van der Waals surface area contributed by atoms with Gasteiger partial charge < -0.3 is 5.73 Å². The number of thioether (sulfide) groups is 1. The van der Waals surface area contributed by atoms with Gasteiger partial charge in [0.05, 0.1) is 10.8 Å².